The van der Waals surface area contributed by atoms with Gasteiger partial charge in [-0.1, -0.05) is 0 Å². The second kappa shape index (κ2) is 6.15. The zero-order chi connectivity index (χ0) is 18.4. The van der Waals surface area contributed by atoms with Crippen molar-refractivity contribution < 1.29 is 0 Å². The predicted molar refractivity (Wildman–Crippen MR) is 107 cm³/mol. The summed E-state index contributed by atoms with van der Waals surface area (Å²) in [5.74, 6) is 1.86. The van der Waals surface area contributed by atoms with Crippen LogP contribution in [0.1, 0.15) is 30.5 Å². The summed E-state index contributed by atoms with van der Waals surface area (Å²) in [5.41, 5.74) is 3.68. The first-order valence-electron chi connectivity index (χ1n) is 9.65. The maximum atomic E-state index is 4.98. The van der Waals surface area contributed by atoms with E-state index in [0.717, 1.165) is 55.0 Å². The highest BCUT2D eigenvalue weighted by Gasteiger charge is 2.44. The van der Waals surface area contributed by atoms with E-state index in [1.165, 1.54) is 17.7 Å². The first-order valence-corrected chi connectivity index (χ1v) is 9.65. The first-order chi connectivity index (χ1) is 13.2. The van der Waals surface area contributed by atoms with Gasteiger partial charge in [0.1, 0.15) is 5.82 Å². The Bertz CT molecular complexity index is 992. The Labute approximate surface area is 159 Å². The molecule has 27 heavy (non-hydrogen) atoms. The highest BCUT2D eigenvalue weighted by Crippen LogP contribution is 2.45. The Kier molecular flexibility index (Phi) is 3.74. The van der Waals surface area contributed by atoms with Crippen LogP contribution in [0.2, 0.25) is 0 Å². The Balaban J connectivity index is 1.55. The zero-order valence-electron chi connectivity index (χ0n) is 15.9. The smallest absolute Gasteiger partial charge is 0.225 e. The number of hydrogen-bond acceptors (Lipinski definition) is 6. The van der Waals surface area contributed by atoms with Crippen molar-refractivity contribution in [3.05, 3.63) is 48.0 Å². The SMILES string of the molecule is CN(C)c1ncc2c(n1)C1(CCCN(c3nccc4ncccc34)C1)CC2. The fraction of sp³-hybridized carbons (Fsp3) is 0.429. The van der Waals surface area contributed by atoms with Gasteiger partial charge in [0.2, 0.25) is 5.95 Å². The van der Waals surface area contributed by atoms with Gasteiger partial charge < -0.3 is 9.80 Å². The van der Waals surface area contributed by atoms with Crippen molar-refractivity contribution in [2.75, 3.05) is 37.0 Å². The predicted octanol–water partition coefficient (Wildman–Crippen LogP) is 2.97. The Morgan fingerprint density at radius 2 is 2.00 bits per heavy atom. The van der Waals surface area contributed by atoms with Crippen molar-refractivity contribution in [1.82, 2.24) is 19.9 Å². The number of nitrogens with zero attached hydrogens (tertiary/aromatic N) is 6. The van der Waals surface area contributed by atoms with Crippen LogP contribution in [0.5, 0.6) is 0 Å². The number of piperidine rings is 1. The molecule has 3 aromatic rings. The molecule has 1 saturated heterocycles. The highest BCUT2D eigenvalue weighted by molar-refractivity contribution is 5.89. The van der Waals surface area contributed by atoms with Gasteiger partial charge >= 0.3 is 0 Å². The van der Waals surface area contributed by atoms with Crippen LogP contribution in [-0.4, -0.2) is 47.1 Å². The number of aryl methyl sites for hydroxylation is 1. The third-order valence-corrected chi connectivity index (χ3v) is 6.01. The zero-order valence-corrected chi connectivity index (χ0v) is 15.9. The summed E-state index contributed by atoms with van der Waals surface area (Å²) in [5, 5.41) is 1.13. The molecule has 5 rings (SSSR count). The van der Waals surface area contributed by atoms with Gasteiger partial charge in [-0.15, -0.1) is 0 Å². The summed E-state index contributed by atoms with van der Waals surface area (Å²) in [6.45, 7) is 1.99. The van der Waals surface area contributed by atoms with Crippen molar-refractivity contribution in [2.24, 2.45) is 0 Å². The molecule has 0 N–H and O–H groups in total. The molecule has 1 atom stereocenters. The molecule has 0 bridgehead atoms. The van der Waals surface area contributed by atoms with Crippen LogP contribution in [-0.2, 0) is 11.8 Å². The molecular weight excluding hydrogens is 336 g/mol. The third kappa shape index (κ3) is 2.62. The molecule has 1 aliphatic heterocycles. The molecule has 6 nitrogen and oxygen atoms in total. The largest absolute Gasteiger partial charge is 0.355 e. The fourth-order valence-corrected chi connectivity index (χ4v) is 4.70. The number of anilines is 2. The number of fused-ring (bicyclic) bond motifs is 3. The van der Waals surface area contributed by atoms with Gasteiger partial charge in [-0.2, -0.15) is 0 Å². The molecule has 1 aliphatic carbocycles. The number of hydrogen-bond donors (Lipinski definition) is 0. The van der Waals surface area contributed by atoms with Gasteiger partial charge in [0, 0.05) is 56.6 Å². The molecule has 138 valence electrons. The third-order valence-electron chi connectivity index (χ3n) is 6.01. The second-order valence-corrected chi connectivity index (χ2v) is 7.95. The lowest BCUT2D eigenvalue weighted by Crippen LogP contribution is -2.46. The normalized spacial score (nSPS) is 21.6. The number of rotatable bonds is 2. The van der Waals surface area contributed by atoms with Crippen LogP contribution < -0.4 is 9.80 Å². The van der Waals surface area contributed by atoms with Crippen molar-refractivity contribution in [2.45, 2.75) is 31.1 Å². The van der Waals surface area contributed by atoms with Crippen LogP contribution in [0.25, 0.3) is 10.9 Å². The van der Waals surface area contributed by atoms with Gasteiger partial charge in [0.15, 0.2) is 0 Å². The van der Waals surface area contributed by atoms with E-state index in [0.29, 0.717) is 0 Å². The molecule has 0 aromatic carbocycles. The van der Waals surface area contributed by atoms with Gasteiger partial charge in [0.05, 0.1) is 11.2 Å². The standard InChI is InChI=1S/C21H24N6/c1-26(2)20-24-13-15-6-9-21(18(15)25-20)8-4-12-27(14-21)19-16-5-3-10-22-17(16)7-11-23-19/h3,5,7,10-11,13H,4,6,8-9,12,14H2,1-2H3. The summed E-state index contributed by atoms with van der Waals surface area (Å²) in [7, 11) is 4.01. The Hall–Kier alpha value is -2.76. The minimum atomic E-state index is 0.105. The Morgan fingerprint density at radius 3 is 2.89 bits per heavy atom. The van der Waals surface area contributed by atoms with Gasteiger partial charge in [-0.05, 0) is 49.4 Å². The average Bonchev–Trinajstić information content (AvgIpc) is 3.05. The van der Waals surface area contributed by atoms with E-state index < -0.39 is 0 Å². The highest BCUT2D eigenvalue weighted by atomic mass is 15.2. The molecule has 1 fully saturated rings. The lowest BCUT2D eigenvalue weighted by molar-refractivity contribution is 0.333. The van der Waals surface area contributed by atoms with Gasteiger partial charge in [-0.3, -0.25) is 4.98 Å². The maximum Gasteiger partial charge on any atom is 0.225 e. The maximum absolute atomic E-state index is 4.98. The van der Waals surface area contributed by atoms with Crippen LogP contribution in [0.15, 0.2) is 36.8 Å². The number of aromatic nitrogens is 4. The minimum absolute atomic E-state index is 0.105. The van der Waals surface area contributed by atoms with E-state index in [-0.39, 0.29) is 5.41 Å². The van der Waals surface area contributed by atoms with Crippen LogP contribution in [0, 0.1) is 0 Å². The van der Waals surface area contributed by atoms with Crippen LogP contribution >= 0.6 is 0 Å². The van der Waals surface area contributed by atoms with Crippen molar-refractivity contribution in [3.63, 3.8) is 0 Å². The second-order valence-electron chi connectivity index (χ2n) is 7.95. The average molecular weight is 360 g/mol. The molecule has 1 spiro atoms. The molecule has 4 heterocycles. The number of pyridine rings is 2. The lowest BCUT2D eigenvalue weighted by atomic mass is 9.77. The summed E-state index contributed by atoms with van der Waals surface area (Å²) in [4.78, 5) is 23.2. The van der Waals surface area contributed by atoms with Crippen molar-refractivity contribution >= 4 is 22.7 Å². The van der Waals surface area contributed by atoms with E-state index in [4.69, 9.17) is 9.97 Å². The van der Waals surface area contributed by atoms with E-state index in [1.54, 1.807) is 0 Å². The quantitative estimate of drug-likeness (QED) is 0.700. The summed E-state index contributed by atoms with van der Waals surface area (Å²) in [6, 6.07) is 6.11. The first kappa shape index (κ1) is 16.4. The minimum Gasteiger partial charge on any atom is -0.355 e. The Morgan fingerprint density at radius 1 is 1.07 bits per heavy atom. The van der Waals surface area contributed by atoms with Crippen LogP contribution in [0.3, 0.4) is 0 Å². The van der Waals surface area contributed by atoms with Crippen molar-refractivity contribution in [3.8, 4) is 0 Å². The fourth-order valence-electron chi connectivity index (χ4n) is 4.70. The van der Waals surface area contributed by atoms with E-state index in [2.05, 4.69) is 20.9 Å². The van der Waals surface area contributed by atoms with Gasteiger partial charge in [0.25, 0.3) is 0 Å². The summed E-state index contributed by atoms with van der Waals surface area (Å²) >= 11 is 0. The molecule has 2 aliphatic rings. The molecule has 6 heteroatoms. The van der Waals surface area contributed by atoms with Crippen molar-refractivity contribution in [1.29, 1.82) is 0 Å². The molecule has 0 saturated carbocycles. The molecule has 0 radical (unpaired) electrons. The van der Waals surface area contributed by atoms with E-state index in [1.807, 2.05) is 49.7 Å². The van der Waals surface area contributed by atoms with Gasteiger partial charge in [-0.25, -0.2) is 15.0 Å². The van der Waals surface area contributed by atoms with Crippen LogP contribution in [0.4, 0.5) is 11.8 Å². The molecule has 1 unspecified atom stereocenters. The summed E-state index contributed by atoms with van der Waals surface area (Å²) in [6.07, 6.45) is 10.3. The molecule has 0 amide bonds. The van der Waals surface area contributed by atoms with E-state index >= 15 is 0 Å². The van der Waals surface area contributed by atoms with E-state index in [9.17, 15) is 0 Å². The topological polar surface area (TPSA) is 58.0 Å². The molecule has 3 aromatic heterocycles. The monoisotopic (exact) mass is 360 g/mol. The molecular formula is C21H24N6. The summed E-state index contributed by atoms with van der Waals surface area (Å²) < 4.78 is 0. The lowest BCUT2D eigenvalue weighted by Gasteiger charge is -2.41.